The number of anilines is 1. The molecule has 2 atom stereocenters. The molecule has 0 spiro atoms. The third-order valence-corrected chi connectivity index (χ3v) is 10.2. The second-order valence-corrected chi connectivity index (χ2v) is 13.6. The van der Waals surface area contributed by atoms with Crippen LogP contribution in [0.15, 0.2) is 102 Å². The van der Waals surface area contributed by atoms with Gasteiger partial charge in [0, 0.05) is 34.6 Å². The molecule has 8 nitrogen and oxygen atoms in total. The maximum atomic E-state index is 14.6. The number of hydrogen-bond donors (Lipinski definition) is 1. The van der Waals surface area contributed by atoms with Crippen molar-refractivity contribution < 1.29 is 27.1 Å². The van der Waals surface area contributed by atoms with Gasteiger partial charge in [0.15, 0.2) is 0 Å². The summed E-state index contributed by atoms with van der Waals surface area (Å²) in [5.74, 6) is -1.28. The first-order chi connectivity index (χ1) is 22.4. The molecule has 0 aliphatic heterocycles. The van der Waals surface area contributed by atoms with Crippen LogP contribution in [0.4, 0.5) is 10.1 Å². The first-order valence-electron chi connectivity index (χ1n) is 14.9. The van der Waals surface area contributed by atoms with Crippen LogP contribution in [0.2, 0.25) is 10.0 Å². The van der Waals surface area contributed by atoms with Crippen molar-refractivity contribution in [2.24, 2.45) is 0 Å². The van der Waals surface area contributed by atoms with E-state index in [1.807, 2.05) is 44.2 Å². The van der Waals surface area contributed by atoms with E-state index in [1.165, 1.54) is 48.4 Å². The zero-order valence-electron chi connectivity index (χ0n) is 26.2. The molecule has 0 radical (unpaired) electrons. The van der Waals surface area contributed by atoms with Gasteiger partial charge in [-0.15, -0.1) is 0 Å². The van der Waals surface area contributed by atoms with Crippen LogP contribution < -0.4 is 14.4 Å². The molecular weight excluding hydrogens is 664 g/mol. The predicted octanol–water partition coefficient (Wildman–Crippen LogP) is 6.89. The van der Waals surface area contributed by atoms with E-state index >= 15 is 0 Å². The fourth-order valence-electron chi connectivity index (χ4n) is 4.86. The monoisotopic (exact) mass is 699 g/mol. The Morgan fingerprint density at radius 3 is 2.09 bits per heavy atom. The number of amides is 2. The zero-order chi connectivity index (χ0) is 34.1. The van der Waals surface area contributed by atoms with Crippen molar-refractivity contribution >= 4 is 50.7 Å². The van der Waals surface area contributed by atoms with Crippen molar-refractivity contribution in [1.29, 1.82) is 0 Å². The summed E-state index contributed by atoms with van der Waals surface area (Å²) in [6, 6.07) is 23.2. The Kier molecular flexibility index (Phi) is 12.3. The van der Waals surface area contributed by atoms with Crippen LogP contribution in [0, 0.1) is 5.82 Å². The van der Waals surface area contributed by atoms with Gasteiger partial charge in [0.1, 0.15) is 24.2 Å². The van der Waals surface area contributed by atoms with E-state index < -0.39 is 40.2 Å². The number of hydrogen-bond acceptors (Lipinski definition) is 5. The second kappa shape index (κ2) is 16.1. The van der Waals surface area contributed by atoms with Gasteiger partial charge >= 0.3 is 0 Å². The quantitative estimate of drug-likeness (QED) is 0.155. The predicted molar refractivity (Wildman–Crippen MR) is 183 cm³/mol. The first kappa shape index (κ1) is 35.7. The van der Waals surface area contributed by atoms with Crippen LogP contribution in [-0.4, -0.2) is 50.9 Å². The molecule has 0 bridgehead atoms. The third kappa shape index (κ3) is 9.03. The molecule has 47 heavy (non-hydrogen) atoms. The number of nitrogens with zero attached hydrogens (tertiary/aromatic N) is 2. The molecule has 0 aromatic heterocycles. The van der Waals surface area contributed by atoms with E-state index in [-0.39, 0.29) is 39.6 Å². The lowest BCUT2D eigenvalue weighted by atomic mass is 10.0. The highest BCUT2D eigenvalue weighted by Crippen LogP contribution is 2.29. The molecule has 4 rings (SSSR count). The Bertz CT molecular complexity index is 1760. The Morgan fingerprint density at radius 1 is 0.894 bits per heavy atom. The van der Waals surface area contributed by atoms with Crippen molar-refractivity contribution in [3.63, 3.8) is 0 Å². The van der Waals surface area contributed by atoms with Gasteiger partial charge < -0.3 is 15.0 Å². The van der Waals surface area contributed by atoms with Gasteiger partial charge in [0.05, 0.1) is 17.7 Å². The molecule has 248 valence electrons. The van der Waals surface area contributed by atoms with Crippen LogP contribution in [0.1, 0.15) is 31.4 Å². The minimum Gasteiger partial charge on any atom is -0.497 e. The van der Waals surface area contributed by atoms with E-state index in [1.54, 1.807) is 18.2 Å². The Hall–Kier alpha value is -4.12. The standard InChI is InChI=1S/C35H36Cl2FN3O5S/c1-4-24(2)39-35(43)33(21-25-9-6-5-7-10-25)40(22-30-31(36)11-8-12-32(30)37)34(42)23-41(27-15-13-26(38)14-16-27)47(44,45)29-19-17-28(46-3)18-20-29/h5-20,24,33H,4,21-23H2,1-3H3,(H,39,43). The summed E-state index contributed by atoms with van der Waals surface area (Å²) in [5, 5.41) is 3.52. The van der Waals surface area contributed by atoms with Gasteiger partial charge in [-0.1, -0.05) is 66.5 Å². The number of methoxy groups -OCH3 is 1. The highest BCUT2D eigenvalue weighted by atomic mass is 35.5. The second-order valence-electron chi connectivity index (χ2n) is 10.9. The number of nitrogens with one attached hydrogen (secondary N) is 1. The van der Waals surface area contributed by atoms with Crippen LogP contribution in [0.5, 0.6) is 5.75 Å². The number of sulfonamides is 1. The van der Waals surface area contributed by atoms with Crippen LogP contribution >= 0.6 is 23.2 Å². The van der Waals surface area contributed by atoms with Crippen molar-refractivity contribution in [3.05, 3.63) is 124 Å². The summed E-state index contributed by atoms with van der Waals surface area (Å²) in [4.78, 5) is 29.7. The van der Waals surface area contributed by atoms with E-state index in [0.29, 0.717) is 17.7 Å². The maximum Gasteiger partial charge on any atom is 0.264 e. The lowest BCUT2D eigenvalue weighted by Gasteiger charge is -2.34. The van der Waals surface area contributed by atoms with Gasteiger partial charge in [-0.25, -0.2) is 12.8 Å². The van der Waals surface area contributed by atoms with E-state index in [9.17, 15) is 22.4 Å². The molecule has 0 aliphatic rings. The van der Waals surface area contributed by atoms with Gasteiger partial charge in [0.25, 0.3) is 10.0 Å². The minimum absolute atomic E-state index is 0.0509. The molecule has 0 saturated heterocycles. The number of carbonyl (C=O) groups excluding carboxylic acids is 2. The topological polar surface area (TPSA) is 96.0 Å². The van der Waals surface area contributed by atoms with Gasteiger partial charge in [-0.3, -0.25) is 13.9 Å². The minimum atomic E-state index is -4.38. The summed E-state index contributed by atoms with van der Waals surface area (Å²) in [6.45, 7) is 2.87. The normalized spacial score (nSPS) is 12.6. The van der Waals surface area contributed by atoms with Crippen molar-refractivity contribution in [2.45, 2.75) is 50.2 Å². The number of halogens is 3. The molecule has 4 aromatic rings. The molecule has 4 aromatic carbocycles. The van der Waals surface area contributed by atoms with Crippen molar-refractivity contribution in [2.75, 3.05) is 18.0 Å². The Morgan fingerprint density at radius 2 is 1.51 bits per heavy atom. The van der Waals surface area contributed by atoms with Crippen molar-refractivity contribution in [3.8, 4) is 5.75 Å². The lowest BCUT2D eigenvalue weighted by molar-refractivity contribution is -0.140. The lowest BCUT2D eigenvalue weighted by Crippen LogP contribution is -2.54. The number of ether oxygens (including phenoxy) is 1. The van der Waals surface area contributed by atoms with Crippen LogP contribution in [-0.2, 0) is 32.6 Å². The van der Waals surface area contributed by atoms with Crippen LogP contribution in [0.3, 0.4) is 0 Å². The smallest absolute Gasteiger partial charge is 0.264 e. The van der Waals surface area contributed by atoms with Gasteiger partial charge in [-0.2, -0.15) is 0 Å². The van der Waals surface area contributed by atoms with E-state index in [2.05, 4.69) is 5.32 Å². The third-order valence-electron chi connectivity index (χ3n) is 7.70. The molecule has 2 amide bonds. The summed E-state index contributed by atoms with van der Waals surface area (Å²) in [7, 11) is -2.93. The summed E-state index contributed by atoms with van der Waals surface area (Å²) in [5.41, 5.74) is 1.22. The molecule has 0 aliphatic carbocycles. The molecule has 0 saturated carbocycles. The largest absolute Gasteiger partial charge is 0.497 e. The average molecular weight is 701 g/mol. The fourth-order valence-corrected chi connectivity index (χ4v) is 6.79. The highest BCUT2D eigenvalue weighted by molar-refractivity contribution is 7.92. The number of benzene rings is 4. The number of rotatable bonds is 14. The first-order valence-corrected chi connectivity index (χ1v) is 17.1. The average Bonchev–Trinajstić information content (AvgIpc) is 3.07. The Balaban J connectivity index is 1.84. The van der Waals surface area contributed by atoms with Crippen molar-refractivity contribution in [1.82, 2.24) is 10.2 Å². The van der Waals surface area contributed by atoms with E-state index in [0.717, 1.165) is 22.0 Å². The highest BCUT2D eigenvalue weighted by Gasteiger charge is 2.35. The Labute approximate surface area is 285 Å². The SMILES string of the molecule is CCC(C)NC(=O)C(Cc1ccccc1)N(Cc1c(Cl)cccc1Cl)C(=O)CN(c1ccc(F)cc1)S(=O)(=O)c1ccc(OC)cc1. The summed E-state index contributed by atoms with van der Waals surface area (Å²) in [6.07, 6.45) is 0.769. The van der Waals surface area contributed by atoms with Gasteiger partial charge in [-0.05, 0) is 79.6 Å². The maximum absolute atomic E-state index is 14.6. The zero-order valence-corrected chi connectivity index (χ0v) is 28.5. The molecule has 0 fully saturated rings. The molecular formula is C35H36Cl2FN3O5S. The molecule has 1 N–H and O–H groups in total. The fraction of sp³-hybridized carbons (Fsp3) is 0.257. The van der Waals surface area contributed by atoms with Gasteiger partial charge in [0.2, 0.25) is 11.8 Å². The van der Waals surface area contributed by atoms with E-state index in [4.69, 9.17) is 27.9 Å². The summed E-state index contributed by atoms with van der Waals surface area (Å²) < 4.78 is 48.3. The number of carbonyl (C=O) groups is 2. The van der Waals surface area contributed by atoms with Crippen LogP contribution in [0.25, 0.3) is 0 Å². The molecule has 2 unspecified atom stereocenters. The molecule has 0 heterocycles. The summed E-state index contributed by atoms with van der Waals surface area (Å²) >= 11 is 13.1. The molecule has 12 heteroatoms.